The van der Waals surface area contributed by atoms with Gasteiger partial charge in [0.05, 0.1) is 5.69 Å². The first-order chi connectivity index (χ1) is 5.61. The van der Waals surface area contributed by atoms with Gasteiger partial charge < -0.3 is 0 Å². The molecule has 0 saturated heterocycles. The second kappa shape index (κ2) is 3.72. The van der Waals surface area contributed by atoms with Crippen LogP contribution in [0.15, 0.2) is 23.2 Å². The molecular weight excluding hydrogens is 170 g/mol. The van der Waals surface area contributed by atoms with Crippen molar-refractivity contribution < 1.29 is 0 Å². The highest BCUT2D eigenvalue weighted by Crippen LogP contribution is 2.23. The van der Waals surface area contributed by atoms with E-state index < -0.39 is 0 Å². The summed E-state index contributed by atoms with van der Waals surface area (Å²) in [5, 5.41) is 0.576. The highest BCUT2D eigenvalue weighted by Gasteiger charge is 1.98. The van der Waals surface area contributed by atoms with E-state index in [0.717, 1.165) is 16.8 Å². The molecule has 2 heteroatoms. The fourth-order valence-corrected chi connectivity index (χ4v) is 1.22. The highest BCUT2D eigenvalue weighted by atomic mass is 35.5. The predicted octanol–water partition coefficient (Wildman–Crippen LogP) is 3.59. The molecule has 0 aliphatic carbocycles. The minimum absolute atomic E-state index is 0.576. The highest BCUT2D eigenvalue weighted by molar-refractivity contribution is 6.65. The molecule has 0 saturated carbocycles. The summed E-state index contributed by atoms with van der Waals surface area (Å²) < 4.78 is 0. The number of rotatable bonds is 1. The lowest BCUT2D eigenvalue weighted by Crippen LogP contribution is -1.82. The van der Waals surface area contributed by atoms with Crippen molar-refractivity contribution in [3.8, 4) is 0 Å². The SMILES string of the molecule is C/C(Cl)=N\c1c(C)cccc1C. The van der Waals surface area contributed by atoms with Crippen LogP contribution in [0.2, 0.25) is 0 Å². The van der Waals surface area contributed by atoms with Crippen molar-refractivity contribution in [2.24, 2.45) is 4.99 Å². The van der Waals surface area contributed by atoms with Crippen molar-refractivity contribution in [3.05, 3.63) is 29.3 Å². The summed E-state index contributed by atoms with van der Waals surface area (Å²) in [5.41, 5.74) is 3.31. The third-order valence-corrected chi connectivity index (χ3v) is 1.79. The number of para-hydroxylation sites is 1. The van der Waals surface area contributed by atoms with Gasteiger partial charge in [-0.15, -0.1) is 0 Å². The Labute approximate surface area is 78.1 Å². The Kier molecular flexibility index (Phi) is 2.88. The zero-order valence-electron chi connectivity index (χ0n) is 7.56. The van der Waals surface area contributed by atoms with E-state index in [1.54, 1.807) is 6.92 Å². The first kappa shape index (κ1) is 9.27. The van der Waals surface area contributed by atoms with Crippen LogP contribution in [0.4, 0.5) is 5.69 Å². The fourth-order valence-electron chi connectivity index (χ4n) is 1.14. The number of aliphatic imine (C=N–C) groups is 1. The minimum atomic E-state index is 0.576. The van der Waals surface area contributed by atoms with Gasteiger partial charge in [0.1, 0.15) is 5.17 Å². The molecule has 0 aliphatic rings. The quantitative estimate of drug-likeness (QED) is 0.588. The number of hydrogen-bond donors (Lipinski definition) is 0. The number of halogens is 1. The van der Waals surface area contributed by atoms with Gasteiger partial charge in [-0.3, -0.25) is 0 Å². The van der Waals surface area contributed by atoms with Crippen LogP contribution in [0.3, 0.4) is 0 Å². The van der Waals surface area contributed by atoms with Gasteiger partial charge in [-0.25, -0.2) is 4.99 Å². The summed E-state index contributed by atoms with van der Waals surface area (Å²) in [6.07, 6.45) is 0. The van der Waals surface area contributed by atoms with E-state index in [4.69, 9.17) is 11.6 Å². The Morgan fingerprint density at radius 2 is 1.75 bits per heavy atom. The molecule has 1 rings (SSSR count). The molecule has 1 nitrogen and oxygen atoms in total. The first-order valence-corrected chi connectivity index (χ1v) is 4.26. The third-order valence-electron chi connectivity index (χ3n) is 1.71. The summed E-state index contributed by atoms with van der Waals surface area (Å²) in [6.45, 7) is 5.85. The maximum Gasteiger partial charge on any atom is 0.103 e. The second-order valence-electron chi connectivity index (χ2n) is 2.85. The topological polar surface area (TPSA) is 12.4 Å². The summed E-state index contributed by atoms with van der Waals surface area (Å²) in [7, 11) is 0. The van der Waals surface area contributed by atoms with Crippen molar-refractivity contribution in [1.29, 1.82) is 0 Å². The molecule has 0 spiro atoms. The molecule has 1 aromatic carbocycles. The molecule has 12 heavy (non-hydrogen) atoms. The van der Waals surface area contributed by atoms with E-state index in [1.807, 2.05) is 32.0 Å². The van der Waals surface area contributed by atoms with E-state index >= 15 is 0 Å². The average Bonchev–Trinajstić information content (AvgIpc) is 1.97. The molecule has 0 unspecified atom stereocenters. The molecule has 0 fully saturated rings. The first-order valence-electron chi connectivity index (χ1n) is 3.88. The molecule has 0 aliphatic heterocycles. The van der Waals surface area contributed by atoms with Crippen LogP contribution >= 0.6 is 11.6 Å². The fraction of sp³-hybridized carbons (Fsp3) is 0.300. The Bertz CT molecular complexity index is 291. The van der Waals surface area contributed by atoms with Gasteiger partial charge in [-0.2, -0.15) is 0 Å². The minimum Gasteiger partial charge on any atom is -0.241 e. The van der Waals surface area contributed by atoms with E-state index in [1.165, 1.54) is 0 Å². The molecule has 0 N–H and O–H groups in total. The predicted molar refractivity (Wildman–Crippen MR) is 54.5 cm³/mol. The van der Waals surface area contributed by atoms with Crippen LogP contribution in [-0.2, 0) is 0 Å². The van der Waals surface area contributed by atoms with Gasteiger partial charge in [-0.1, -0.05) is 29.8 Å². The largest absolute Gasteiger partial charge is 0.241 e. The van der Waals surface area contributed by atoms with E-state index in [-0.39, 0.29) is 0 Å². The van der Waals surface area contributed by atoms with Crippen LogP contribution in [0.5, 0.6) is 0 Å². The summed E-state index contributed by atoms with van der Waals surface area (Å²) >= 11 is 5.71. The standard InChI is InChI=1S/C10H12ClN/c1-7-5-4-6-8(2)10(7)12-9(3)11/h4-6H,1-3H3/b12-9+. The number of benzene rings is 1. The molecule has 64 valence electrons. The summed E-state index contributed by atoms with van der Waals surface area (Å²) in [5.74, 6) is 0. The van der Waals surface area contributed by atoms with Gasteiger partial charge in [0.2, 0.25) is 0 Å². The lowest BCUT2D eigenvalue weighted by atomic mass is 10.1. The zero-order chi connectivity index (χ0) is 9.14. The summed E-state index contributed by atoms with van der Waals surface area (Å²) in [4.78, 5) is 4.24. The Balaban J connectivity index is 3.22. The number of hydrogen-bond acceptors (Lipinski definition) is 1. The van der Waals surface area contributed by atoms with Gasteiger partial charge in [-0.05, 0) is 31.9 Å². The normalized spacial score (nSPS) is 11.8. The smallest absolute Gasteiger partial charge is 0.103 e. The van der Waals surface area contributed by atoms with E-state index in [9.17, 15) is 0 Å². The molecule has 0 radical (unpaired) electrons. The van der Waals surface area contributed by atoms with Gasteiger partial charge >= 0.3 is 0 Å². The van der Waals surface area contributed by atoms with Gasteiger partial charge in [0, 0.05) is 0 Å². The van der Waals surface area contributed by atoms with Crippen molar-refractivity contribution in [2.75, 3.05) is 0 Å². The van der Waals surface area contributed by atoms with Crippen molar-refractivity contribution in [2.45, 2.75) is 20.8 Å². The zero-order valence-corrected chi connectivity index (χ0v) is 8.31. The summed E-state index contributed by atoms with van der Waals surface area (Å²) in [6, 6.07) is 6.09. The lowest BCUT2D eigenvalue weighted by molar-refractivity contribution is 1.33. The number of aryl methyl sites for hydroxylation is 2. The lowest BCUT2D eigenvalue weighted by Gasteiger charge is -2.03. The van der Waals surface area contributed by atoms with Crippen LogP contribution in [0.1, 0.15) is 18.1 Å². The van der Waals surface area contributed by atoms with Crippen molar-refractivity contribution >= 4 is 22.5 Å². The Hall–Kier alpha value is -0.820. The van der Waals surface area contributed by atoms with Gasteiger partial charge in [0.25, 0.3) is 0 Å². The Morgan fingerprint density at radius 1 is 1.25 bits per heavy atom. The Morgan fingerprint density at radius 3 is 2.17 bits per heavy atom. The second-order valence-corrected chi connectivity index (χ2v) is 3.40. The maximum atomic E-state index is 5.71. The van der Waals surface area contributed by atoms with Crippen molar-refractivity contribution in [3.63, 3.8) is 0 Å². The maximum absolute atomic E-state index is 5.71. The molecule has 0 amide bonds. The van der Waals surface area contributed by atoms with E-state index in [0.29, 0.717) is 5.17 Å². The van der Waals surface area contributed by atoms with Crippen LogP contribution in [-0.4, -0.2) is 5.17 Å². The monoisotopic (exact) mass is 181 g/mol. The van der Waals surface area contributed by atoms with Crippen LogP contribution < -0.4 is 0 Å². The molecule has 1 aromatic rings. The van der Waals surface area contributed by atoms with Crippen LogP contribution in [0, 0.1) is 13.8 Å². The molecule has 0 bridgehead atoms. The third kappa shape index (κ3) is 2.08. The molecule has 0 atom stereocenters. The van der Waals surface area contributed by atoms with Crippen molar-refractivity contribution in [1.82, 2.24) is 0 Å². The molecular formula is C10H12ClN. The molecule has 0 aromatic heterocycles. The van der Waals surface area contributed by atoms with Crippen LogP contribution in [0.25, 0.3) is 0 Å². The number of nitrogens with zero attached hydrogens (tertiary/aromatic N) is 1. The molecule has 0 heterocycles. The van der Waals surface area contributed by atoms with Gasteiger partial charge in [0.15, 0.2) is 0 Å². The van der Waals surface area contributed by atoms with E-state index in [2.05, 4.69) is 4.99 Å². The average molecular weight is 182 g/mol.